The van der Waals surface area contributed by atoms with Crippen molar-refractivity contribution < 1.29 is 19.1 Å². The van der Waals surface area contributed by atoms with Crippen molar-refractivity contribution in [1.29, 1.82) is 0 Å². The highest BCUT2D eigenvalue weighted by atomic mass is 79.9. The lowest BCUT2D eigenvalue weighted by atomic mass is 9.65. The molecule has 2 heterocycles. The summed E-state index contributed by atoms with van der Waals surface area (Å²) < 4.78 is 5.31. The molecule has 0 saturated carbocycles. The average molecular weight is 356 g/mol. The Labute approximate surface area is 131 Å². The molecule has 2 aliphatic heterocycles. The van der Waals surface area contributed by atoms with Gasteiger partial charge in [0.25, 0.3) is 0 Å². The van der Waals surface area contributed by atoms with Crippen LogP contribution in [0.25, 0.3) is 0 Å². The molecule has 2 fully saturated rings. The Morgan fingerprint density at radius 2 is 2.29 bits per heavy atom. The van der Waals surface area contributed by atoms with Crippen LogP contribution in [0.15, 0.2) is 12.2 Å². The molecule has 0 aromatic heterocycles. The van der Waals surface area contributed by atoms with Crippen molar-refractivity contribution in [2.75, 3.05) is 5.33 Å². The highest BCUT2D eigenvalue weighted by molar-refractivity contribution is 9.09. The quantitative estimate of drug-likeness (QED) is 0.359. The van der Waals surface area contributed by atoms with E-state index in [1.54, 1.807) is 6.92 Å². The van der Waals surface area contributed by atoms with Gasteiger partial charge in [-0.1, -0.05) is 28.1 Å². The molecule has 1 N–H and O–H groups in total. The van der Waals surface area contributed by atoms with Crippen molar-refractivity contribution in [3.05, 3.63) is 12.2 Å². The second kappa shape index (κ2) is 4.93. The first-order valence-electron chi connectivity index (χ1n) is 7.30. The Morgan fingerprint density at radius 1 is 1.52 bits per heavy atom. The van der Waals surface area contributed by atoms with Crippen LogP contribution in [0.3, 0.4) is 0 Å². The van der Waals surface area contributed by atoms with Gasteiger partial charge < -0.3 is 10.1 Å². The normalized spacial score (nSPS) is 41.0. The summed E-state index contributed by atoms with van der Waals surface area (Å²) in [6.45, 7) is 1.70. The Morgan fingerprint density at radius 3 is 2.86 bits per heavy atom. The predicted molar refractivity (Wildman–Crippen MR) is 78.8 cm³/mol. The van der Waals surface area contributed by atoms with E-state index in [1.165, 1.54) is 0 Å². The number of halogens is 1. The van der Waals surface area contributed by atoms with E-state index < -0.39 is 23.0 Å². The third kappa shape index (κ3) is 1.77. The Balaban J connectivity index is 1.96. The highest BCUT2D eigenvalue weighted by Crippen LogP contribution is 2.51. The van der Waals surface area contributed by atoms with Gasteiger partial charge in [0.2, 0.25) is 11.4 Å². The van der Waals surface area contributed by atoms with Gasteiger partial charge in [-0.25, -0.2) is 4.79 Å². The summed E-state index contributed by atoms with van der Waals surface area (Å²) in [5.41, 5.74) is -2.54. The van der Waals surface area contributed by atoms with E-state index >= 15 is 0 Å². The maximum absolute atomic E-state index is 12.9. The lowest BCUT2D eigenvalue weighted by Gasteiger charge is -2.51. The van der Waals surface area contributed by atoms with Gasteiger partial charge in [-0.15, -0.1) is 0 Å². The van der Waals surface area contributed by atoms with Gasteiger partial charge in [-0.3, -0.25) is 9.59 Å². The number of rotatable bonds is 4. The Kier molecular flexibility index (Phi) is 3.47. The number of carbonyl (C=O) groups excluding carboxylic acids is 3. The number of ketones is 1. The third-order valence-electron chi connectivity index (χ3n) is 5.01. The molecule has 114 valence electrons. The lowest BCUT2D eigenvalue weighted by Crippen LogP contribution is -2.78. The van der Waals surface area contributed by atoms with Crippen LogP contribution in [0.5, 0.6) is 0 Å². The fourth-order valence-corrected chi connectivity index (χ4v) is 4.22. The second-order valence-electron chi connectivity index (χ2n) is 6.10. The predicted octanol–water partition coefficient (Wildman–Crippen LogP) is 1.50. The second-order valence-corrected chi connectivity index (χ2v) is 6.89. The molecular weight excluding hydrogens is 338 g/mol. The topological polar surface area (TPSA) is 72.5 Å². The van der Waals surface area contributed by atoms with Gasteiger partial charge in [0.15, 0.2) is 11.4 Å². The van der Waals surface area contributed by atoms with Crippen LogP contribution in [0.4, 0.5) is 0 Å². The van der Waals surface area contributed by atoms with Crippen molar-refractivity contribution >= 4 is 33.6 Å². The van der Waals surface area contributed by atoms with Gasteiger partial charge in [-0.05, 0) is 32.6 Å². The van der Waals surface area contributed by atoms with Crippen molar-refractivity contribution in [2.45, 2.75) is 43.7 Å². The minimum absolute atomic E-state index is 0.220. The number of esters is 1. The van der Waals surface area contributed by atoms with E-state index in [2.05, 4.69) is 21.2 Å². The summed E-state index contributed by atoms with van der Waals surface area (Å²) >= 11 is 3.31. The molecule has 1 amide bonds. The Bertz CT molecular complexity index is 546. The monoisotopic (exact) mass is 355 g/mol. The van der Waals surface area contributed by atoms with E-state index in [4.69, 9.17) is 4.74 Å². The maximum atomic E-state index is 12.9. The van der Waals surface area contributed by atoms with Crippen molar-refractivity contribution in [2.24, 2.45) is 11.8 Å². The maximum Gasteiger partial charge on any atom is 0.344 e. The molecule has 0 radical (unpaired) electrons. The summed E-state index contributed by atoms with van der Waals surface area (Å²) in [5, 5.41) is 3.29. The number of allylic oxidation sites excluding steroid dienone is 2. The zero-order chi connectivity index (χ0) is 15.3. The number of fused-ring (bicyclic) bond motifs is 1. The lowest BCUT2D eigenvalue weighted by molar-refractivity contribution is -0.218. The number of hydrogen-bond acceptors (Lipinski definition) is 4. The first kappa shape index (κ1) is 14.8. The van der Waals surface area contributed by atoms with Crippen LogP contribution < -0.4 is 5.32 Å². The summed E-state index contributed by atoms with van der Waals surface area (Å²) in [6.07, 6.45) is 6.96. The smallest absolute Gasteiger partial charge is 0.344 e. The van der Waals surface area contributed by atoms with E-state index in [9.17, 15) is 14.4 Å². The minimum atomic E-state index is -1.48. The fourth-order valence-electron chi connectivity index (χ4n) is 3.76. The molecule has 6 heteroatoms. The first-order valence-corrected chi connectivity index (χ1v) is 8.42. The molecule has 0 spiro atoms. The summed E-state index contributed by atoms with van der Waals surface area (Å²) in [7, 11) is 0. The van der Waals surface area contributed by atoms with E-state index in [-0.39, 0.29) is 17.6 Å². The molecule has 4 atom stereocenters. The molecular formula is C15H18BrNO4. The average Bonchev–Trinajstić information content (AvgIpc) is 2.65. The van der Waals surface area contributed by atoms with Crippen molar-refractivity contribution in [3.63, 3.8) is 0 Å². The fraction of sp³-hybridized carbons (Fsp3) is 0.667. The first-order chi connectivity index (χ1) is 9.97. The molecule has 0 aromatic rings. The van der Waals surface area contributed by atoms with Gasteiger partial charge in [-0.2, -0.15) is 0 Å². The summed E-state index contributed by atoms with van der Waals surface area (Å²) in [4.78, 5) is 37.3. The molecule has 3 aliphatic rings. The number of Topliss-reactive ketones (excluding diaryl/α,β-unsaturated/α-hetero) is 1. The van der Waals surface area contributed by atoms with Crippen LogP contribution in [0.2, 0.25) is 0 Å². The number of ether oxygens (including phenoxy) is 1. The van der Waals surface area contributed by atoms with Crippen LogP contribution >= 0.6 is 15.9 Å². The number of carbonyl (C=O) groups is 3. The number of hydrogen-bond donors (Lipinski definition) is 1. The molecule has 3 rings (SSSR count). The van der Waals surface area contributed by atoms with Gasteiger partial charge in [0.1, 0.15) is 0 Å². The highest BCUT2D eigenvalue weighted by Gasteiger charge is 2.79. The van der Waals surface area contributed by atoms with Gasteiger partial charge >= 0.3 is 5.97 Å². The largest absolute Gasteiger partial charge is 0.453 e. The van der Waals surface area contributed by atoms with Crippen molar-refractivity contribution in [3.8, 4) is 0 Å². The van der Waals surface area contributed by atoms with Gasteiger partial charge in [0, 0.05) is 11.2 Å². The van der Waals surface area contributed by atoms with Gasteiger partial charge in [0.05, 0.1) is 5.92 Å². The third-order valence-corrected chi connectivity index (χ3v) is 5.46. The number of nitrogens with one attached hydrogen (secondary N) is 1. The number of amides is 1. The molecule has 0 bridgehead atoms. The molecule has 0 aromatic carbocycles. The van der Waals surface area contributed by atoms with Crippen molar-refractivity contribution in [1.82, 2.24) is 5.32 Å². The van der Waals surface area contributed by atoms with Crippen LogP contribution in [0.1, 0.15) is 32.6 Å². The Hall–Kier alpha value is -1.17. The SMILES string of the molecule is CC12OC(=O)C1(C(=O)C1C=CCCC1)NC(=O)C2CCBr. The van der Waals surface area contributed by atoms with E-state index in [0.29, 0.717) is 11.8 Å². The molecule has 5 nitrogen and oxygen atoms in total. The van der Waals surface area contributed by atoms with Crippen LogP contribution in [0, 0.1) is 11.8 Å². The summed E-state index contributed by atoms with van der Waals surface area (Å²) in [5.74, 6) is -1.89. The molecule has 21 heavy (non-hydrogen) atoms. The zero-order valence-electron chi connectivity index (χ0n) is 11.9. The minimum Gasteiger partial charge on any atom is -0.453 e. The summed E-state index contributed by atoms with van der Waals surface area (Å²) in [6, 6.07) is 0. The van der Waals surface area contributed by atoms with E-state index in [1.807, 2.05) is 12.2 Å². The molecule has 4 unspecified atom stereocenters. The molecule has 1 aliphatic carbocycles. The number of alkyl halides is 1. The standard InChI is InChI=1S/C15H18BrNO4/c1-14-10(7-8-16)12(19)17-15(14,13(20)21-14)11(18)9-5-3-2-4-6-9/h3,5,9-10H,2,4,6-8H2,1H3,(H,17,19). The molecule has 2 saturated heterocycles. The zero-order valence-corrected chi connectivity index (χ0v) is 13.4. The van der Waals surface area contributed by atoms with Crippen LogP contribution in [-0.2, 0) is 19.1 Å². The van der Waals surface area contributed by atoms with E-state index in [0.717, 1.165) is 19.3 Å². The van der Waals surface area contributed by atoms with Crippen LogP contribution in [-0.4, -0.2) is 34.1 Å².